The van der Waals surface area contributed by atoms with E-state index in [0.29, 0.717) is 16.8 Å². The lowest BCUT2D eigenvalue weighted by molar-refractivity contribution is 0.0656. The Labute approximate surface area is 175 Å². The predicted octanol–water partition coefficient (Wildman–Crippen LogP) is 1.86. The SMILES string of the molecule is CN1CCN(c2ccc(NC(=O)NCCN3C(=O)c4ccccc4C3=O)cc2)CC1. The second-order valence-corrected chi connectivity index (χ2v) is 7.53. The molecule has 1 saturated heterocycles. The number of urea groups is 1. The van der Waals surface area contributed by atoms with E-state index in [-0.39, 0.29) is 30.9 Å². The summed E-state index contributed by atoms with van der Waals surface area (Å²) in [6.07, 6.45) is 0. The second-order valence-electron chi connectivity index (χ2n) is 7.53. The summed E-state index contributed by atoms with van der Waals surface area (Å²) in [5.41, 5.74) is 2.64. The van der Waals surface area contributed by atoms with E-state index >= 15 is 0 Å². The van der Waals surface area contributed by atoms with E-state index in [1.165, 1.54) is 0 Å². The van der Waals surface area contributed by atoms with Crippen LogP contribution in [-0.4, -0.2) is 74.0 Å². The molecule has 0 spiro atoms. The van der Waals surface area contributed by atoms with Crippen molar-refractivity contribution in [1.29, 1.82) is 0 Å². The van der Waals surface area contributed by atoms with Gasteiger partial charge in [0.05, 0.1) is 11.1 Å². The van der Waals surface area contributed by atoms with E-state index in [0.717, 1.165) is 36.8 Å². The van der Waals surface area contributed by atoms with Gasteiger partial charge in [0.2, 0.25) is 0 Å². The van der Waals surface area contributed by atoms with E-state index < -0.39 is 0 Å². The van der Waals surface area contributed by atoms with Crippen molar-refractivity contribution in [3.05, 3.63) is 59.7 Å². The highest BCUT2D eigenvalue weighted by Gasteiger charge is 2.34. The summed E-state index contributed by atoms with van der Waals surface area (Å²) in [5, 5.41) is 5.48. The van der Waals surface area contributed by atoms with Crippen LogP contribution in [0.5, 0.6) is 0 Å². The lowest BCUT2D eigenvalue weighted by atomic mass is 10.1. The van der Waals surface area contributed by atoms with Gasteiger partial charge in [0.25, 0.3) is 11.8 Å². The topological polar surface area (TPSA) is 85.0 Å². The normalized spacial score (nSPS) is 16.6. The molecule has 2 heterocycles. The first-order valence-corrected chi connectivity index (χ1v) is 10.1. The van der Waals surface area contributed by atoms with Gasteiger partial charge in [0.15, 0.2) is 0 Å². The maximum absolute atomic E-state index is 12.3. The first-order valence-electron chi connectivity index (χ1n) is 10.1. The van der Waals surface area contributed by atoms with Crippen molar-refractivity contribution in [3.63, 3.8) is 0 Å². The van der Waals surface area contributed by atoms with Crippen LogP contribution in [0.4, 0.5) is 16.2 Å². The van der Waals surface area contributed by atoms with E-state index in [2.05, 4.69) is 27.5 Å². The van der Waals surface area contributed by atoms with Crippen LogP contribution in [0, 0.1) is 0 Å². The summed E-state index contributed by atoms with van der Waals surface area (Å²) in [6.45, 7) is 4.35. The number of fused-ring (bicyclic) bond motifs is 1. The molecule has 8 heteroatoms. The van der Waals surface area contributed by atoms with E-state index in [4.69, 9.17) is 0 Å². The Morgan fingerprint density at radius 1 is 0.900 bits per heavy atom. The number of amides is 4. The number of carbonyl (C=O) groups excluding carboxylic acids is 3. The fourth-order valence-electron chi connectivity index (χ4n) is 3.72. The van der Waals surface area contributed by atoms with Gasteiger partial charge in [-0.3, -0.25) is 14.5 Å². The number of benzene rings is 2. The van der Waals surface area contributed by atoms with Gasteiger partial charge in [-0.15, -0.1) is 0 Å². The summed E-state index contributed by atoms with van der Waals surface area (Å²) < 4.78 is 0. The molecule has 0 saturated carbocycles. The van der Waals surface area contributed by atoms with Crippen molar-refractivity contribution >= 4 is 29.2 Å². The lowest BCUT2D eigenvalue weighted by Crippen LogP contribution is -2.44. The number of imide groups is 1. The Balaban J connectivity index is 1.25. The van der Waals surface area contributed by atoms with Crippen LogP contribution in [0.3, 0.4) is 0 Å². The van der Waals surface area contributed by atoms with E-state index in [1.54, 1.807) is 24.3 Å². The lowest BCUT2D eigenvalue weighted by Gasteiger charge is -2.34. The molecule has 2 aliphatic heterocycles. The summed E-state index contributed by atoms with van der Waals surface area (Å²) in [7, 11) is 2.12. The van der Waals surface area contributed by atoms with Gasteiger partial charge in [-0.2, -0.15) is 0 Å². The minimum Gasteiger partial charge on any atom is -0.369 e. The molecule has 0 aromatic heterocycles. The fraction of sp³-hybridized carbons (Fsp3) is 0.318. The van der Waals surface area contributed by atoms with Crippen molar-refractivity contribution in [2.45, 2.75) is 0 Å². The van der Waals surface area contributed by atoms with Crippen LogP contribution < -0.4 is 15.5 Å². The highest BCUT2D eigenvalue weighted by atomic mass is 16.2. The van der Waals surface area contributed by atoms with E-state index in [1.807, 2.05) is 24.3 Å². The number of hydrogen-bond donors (Lipinski definition) is 2. The molecule has 30 heavy (non-hydrogen) atoms. The van der Waals surface area contributed by atoms with Gasteiger partial charge in [-0.1, -0.05) is 12.1 Å². The molecule has 4 amide bonds. The molecular formula is C22H25N5O3. The number of hydrogen-bond acceptors (Lipinski definition) is 5. The molecule has 2 N–H and O–H groups in total. The number of piperazine rings is 1. The van der Waals surface area contributed by atoms with Crippen LogP contribution in [0.1, 0.15) is 20.7 Å². The Morgan fingerprint density at radius 3 is 2.10 bits per heavy atom. The summed E-state index contributed by atoms with van der Waals surface area (Å²) in [4.78, 5) is 42.6. The molecule has 156 valence electrons. The van der Waals surface area contributed by atoms with Crippen LogP contribution in [-0.2, 0) is 0 Å². The van der Waals surface area contributed by atoms with Gasteiger partial charge in [0, 0.05) is 50.6 Å². The zero-order valence-electron chi connectivity index (χ0n) is 16.9. The van der Waals surface area contributed by atoms with Gasteiger partial charge < -0.3 is 20.4 Å². The Kier molecular flexibility index (Phi) is 5.67. The summed E-state index contributed by atoms with van der Waals surface area (Å²) in [5.74, 6) is -0.644. The molecule has 2 aliphatic rings. The molecule has 0 atom stereocenters. The standard InChI is InChI=1S/C22H25N5O3/c1-25-12-14-26(15-13-25)17-8-6-16(7-9-17)24-22(30)23-10-11-27-20(28)18-4-2-3-5-19(18)21(27)29/h2-9H,10-15H2,1H3,(H2,23,24,30). The number of rotatable bonds is 5. The average Bonchev–Trinajstić information content (AvgIpc) is 3.00. The quantitative estimate of drug-likeness (QED) is 0.739. The van der Waals surface area contributed by atoms with Crippen molar-refractivity contribution in [1.82, 2.24) is 15.1 Å². The maximum Gasteiger partial charge on any atom is 0.319 e. The number of nitrogens with zero attached hydrogens (tertiary/aromatic N) is 3. The minimum absolute atomic E-state index is 0.127. The Morgan fingerprint density at radius 2 is 1.50 bits per heavy atom. The van der Waals surface area contributed by atoms with Gasteiger partial charge in [-0.05, 0) is 43.4 Å². The number of anilines is 2. The van der Waals surface area contributed by atoms with Gasteiger partial charge in [-0.25, -0.2) is 4.79 Å². The molecule has 0 aliphatic carbocycles. The second kappa shape index (κ2) is 8.54. The van der Waals surface area contributed by atoms with Crippen molar-refractivity contribution < 1.29 is 14.4 Å². The maximum atomic E-state index is 12.3. The summed E-state index contributed by atoms with van der Waals surface area (Å²) in [6, 6.07) is 14.1. The van der Waals surface area contributed by atoms with Crippen LogP contribution in [0.15, 0.2) is 48.5 Å². The van der Waals surface area contributed by atoms with Gasteiger partial charge in [0.1, 0.15) is 0 Å². The zero-order chi connectivity index (χ0) is 21.1. The fourth-order valence-corrected chi connectivity index (χ4v) is 3.72. The average molecular weight is 407 g/mol. The largest absolute Gasteiger partial charge is 0.369 e. The molecule has 2 aromatic rings. The Bertz CT molecular complexity index is 917. The third kappa shape index (κ3) is 4.13. The first kappa shape index (κ1) is 19.9. The molecule has 0 radical (unpaired) electrons. The number of nitrogens with one attached hydrogen (secondary N) is 2. The third-order valence-corrected chi connectivity index (χ3v) is 5.49. The highest BCUT2D eigenvalue weighted by molar-refractivity contribution is 6.21. The van der Waals surface area contributed by atoms with E-state index in [9.17, 15) is 14.4 Å². The molecule has 4 rings (SSSR count). The predicted molar refractivity (Wildman–Crippen MR) is 115 cm³/mol. The first-order chi connectivity index (χ1) is 14.5. The monoisotopic (exact) mass is 407 g/mol. The van der Waals surface area contributed by atoms with Crippen molar-refractivity contribution in [3.8, 4) is 0 Å². The smallest absolute Gasteiger partial charge is 0.319 e. The molecule has 8 nitrogen and oxygen atoms in total. The number of likely N-dealkylation sites (N-methyl/N-ethyl adjacent to an activating group) is 1. The minimum atomic E-state index is -0.376. The highest BCUT2D eigenvalue weighted by Crippen LogP contribution is 2.22. The molecule has 1 fully saturated rings. The molecule has 0 bridgehead atoms. The summed E-state index contributed by atoms with van der Waals surface area (Å²) >= 11 is 0. The molecule has 0 unspecified atom stereocenters. The van der Waals surface area contributed by atoms with Crippen LogP contribution >= 0.6 is 0 Å². The Hall–Kier alpha value is -3.39. The van der Waals surface area contributed by atoms with Crippen LogP contribution in [0.25, 0.3) is 0 Å². The van der Waals surface area contributed by atoms with Crippen molar-refractivity contribution in [2.75, 3.05) is 56.5 Å². The van der Waals surface area contributed by atoms with Gasteiger partial charge >= 0.3 is 6.03 Å². The van der Waals surface area contributed by atoms with Crippen LogP contribution in [0.2, 0.25) is 0 Å². The third-order valence-electron chi connectivity index (χ3n) is 5.49. The number of carbonyl (C=O) groups is 3. The zero-order valence-corrected chi connectivity index (χ0v) is 16.9. The molecule has 2 aromatic carbocycles. The molecular weight excluding hydrogens is 382 g/mol. The van der Waals surface area contributed by atoms with Crippen molar-refractivity contribution in [2.24, 2.45) is 0 Å².